The third-order valence-corrected chi connectivity index (χ3v) is 3.01. The molecule has 1 heterocycles. The lowest BCUT2D eigenvalue weighted by molar-refractivity contribution is 0.0535. The van der Waals surface area contributed by atoms with Gasteiger partial charge >= 0.3 is 6.09 Å². The summed E-state index contributed by atoms with van der Waals surface area (Å²) in [4.78, 5) is 23.9. The van der Waals surface area contributed by atoms with Crippen molar-refractivity contribution >= 4 is 34.5 Å². The molecule has 6 heteroatoms. The lowest BCUT2D eigenvalue weighted by Crippen LogP contribution is -2.30. The highest BCUT2D eigenvalue weighted by atomic mass is 35.5. The van der Waals surface area contributed by atoms with E-state index in [0.29, 0.717) is 10.9 Å². The van der Waals surface area contributed by atoms with E-state index in [0.717, 1.165) is 4.57 Å². The van der Waals surface area contributed by atoms with Gasteiger partial charge < -0.3 is 10.5 Å². The number of fused-ring (bicyclic) bond motifs is 1. The number of para-hydroxylation sites is 1. The summed E-state index contributed by atoms with van der Waals surface area (Å²) in [6, 6.07) is 6.89. The average molecular weight is 295 g/mol. The SMILES string of the molecule is CC(C)(C)OC(=O)n1c(C(N)=O)c(Cl)c2ccccc21. The molecule has 0 spiro atoms. The van der Waals surface area contributed by atoms with E-state index >= 15 is 0 Å². The van der Waals surface area contributed by atoms with Crippen LogP contribution < -0.4 is 5.73 Å². The van der Waals surface area contributed by atoms with Gasteiger partial charge in [0.2, 0.25) is 0 Å². The molecule has 0 bridgehead atoms. The minimum absolute atomic E-state index is 0.0675. The van der Waals surface area contributed by atoms with Crippen LogP contribution in [0.4, 0.5) is 4.79 Å². The number of carbonyl (C=O) groups is 2. The smallest absolute Gasteiger partial charge is 0.419 e. The van der Waals surface area contributed by atoms with Crippen LogP contribution in [0.3, 0.4) is 0 Å². The largest absolute Gasteiger partial charge is 0.443 e. The van der Waals surface area contributed by atoms with Crippen molar-refractivity contribution in [2.45, 2.75) is 26.4 Å². The Kier molecular flexibility index (Phi) is 3.48. The first-order chi connectivity index (χ1) is 9.22. The van der Waals surface area contributed by atoms with Gasteiger partial charge in [0.1, 0.15) is 11.3 Å². The van der Waals surface area contributed by atoms with Gasteiger partial charge in [-0.1, -0.05) is 29.8 Å². The summed E-state index contributed by atoms with van der Waals surface area (Å²) in [6.45, 7) is 5.21. The van der Waals surface area contributed by atoms with Gasteiger partial charge in [-0.2, -0.15) is 0 Å². The summed E-state index contributed by atoms with van der Waals surface area (Å²) in [5.41, 5.74) is 5.06. The summed E-state index contributed by atoms with van der Waals surface area (Å²) < 4.78 is 6.41. The van der Waals surface area contributed by atoms with Crippen LogP contribution in [0.5, 0.6) is 0 Å². The first kappa shape index (κ1) is 14.4. The molecule has 5 nitrogen and oxygen atoms in total. The number of rotatable bonds is 1. The van der Waals surface area contributed by atoms with Crippen molar-refractivity contribution in [2.75, 3.05) is 0 Å². The molecule has 1 amide bonds. The summed E-state index contributed by atoms with van der Waals surface area (Å²) in [7, 11) is 0. The van der Waals surface area contributed by atoms with Crippen LogP contribution in [0.1, 0.15) is 31.3 Å². The van der Waals surface area contributed by atoms with Crippen LogP contribution in [0, 0.1) is 0 Å². The van der Waals surface area contributed by atoms with E-state index < -0.39 is 17.6 Å². The average Bonchev–Trinajstić information content (AvgIpc) is 2.61. The molecule has 0 unspecified atom stereocenters. The number of primary amides is 1. The fourth-order valence-electron chi connectivity index (χ4n) is 1.92. The third-order valence-electron chi connectivity index (χ3n) is 2.62. The Morgan fingerprint density at radius 3 is 2.40 bits per heavy atom. The zero-order valence-electron chi connectivity index (χ0n) is 11.4. The van der Waals surface area contributed by atoms with Crippen molar-refractivity contribution in [3.63, 3.8) is 0 Å². The molecule has 0 fully saturated rings. The minimum Gasteiger partial charge on any atom is -0.443 e. The first-order valence-electron chi connectivity index (χ1n) is 6.04. The molecule has 1 aromatic carbocycles. The van der Waals surface area contributed by atoms with Gasteiger partial charge in [0, 0.05) is 5.39 Å². The van der Waals surface area contributed by atoms with Gasteiger partial charge in [-0.15, -0.1) is 0 Å². The number of ether oxygens (including phenoxy) is 1. The van der Waals surface area contributed by atoms with Gasteiger partial charge in [0.25, 0.3) is 5.91 Å². The van der Waals surface area contributed by atoms with E-state index in [4.69, 9.17) is 22.1 Å². The van der Waals surface area contributed by atoms with Gasteiger partial charge in [-0.25, -0.2) is 9.36 Å². The monoisotopic (exact) mass is 294 g/mol. The molecule has 2 aromatic rings. The highest BCUT2D eigenvalue weighted by Gasteiger charge is 2.27. The van der Waals surface area contributed by atoms with Gasteiger partial charge in [0.15, 0.2) is 0 Å². The molecular formula is C14H15ClN2O3. The first-order valence-corrected chi connectivity index (χ1v) is 6.42. The molecular weight excluding hydrogens is 280 g/mol. The second kappa shape index (κ2) is 4.83. The molecule has 106 valence electrons. The molecule has 0 saturated carbocycles. The predicted octanol–water partition coefficient (Wildman–Crippen LogP) is 3.18. The number of carbonyl (C=O) groups excluding carboxylic acids is 2. The molecule has 20 heavy (non-hydrogen) atoms. The second-order valence-electron chi connectivity index (χ2n) is 5.36. The van der Waals surface area contributed by atoms with Crippen molar-refractivity contribution < 1.29 is 14.3 Å². The lowest BCUT2D eigenvalue weighted by atomic mass is 10.2. The zero-order chi connectivity index (χ0) is 15.1. The number of aromatic nitrogens is 1. The summed E-state index contributed by atoms with van der Waals surface area (Å²) in [6.07, 6.45) is -0.686. The number of benzene rings is 1. The molecule has 2 N–H and O–H groups in total. The van der Waals surface area contributed by atoms with Gasteiger partial charge in [-0.05, 0) is 26.8 Å². The molecule has 0 atom stereocenters. The Hall–Kier alpha value is -2.01. The molecule has 0 aliphatic heterocycles. The van der Waals surface area contributed by atoms with E-state index in [2.05, 4.69) is 0 Å². The van der Waals surface area contributed by atoms with E-state index in [1.807, 2.05) is 0 Å². The highest BCUT2D eigenvalue weighted by molar-refractivity contribution is 6.39. The Morgan fingerprint density at radius 2 is 1.85 bits per heavy atom. The van der Waals surface area contributed by atoms with Crippen LogP contribution in [-0.4, -0.2) is 22.2 Å². The number of nitrogens with zero attached hydrogens (tertiary/aromatic N) is 1. The Labute approximate surface area is 121 Å². The topological polar surface area (TPSA) is 74.3 Å². The molecule has 0 saturated heterocycles. The van der Waals surface area contributed by atoms with Gasteiger partial charge in [-0.3, -0.25) is 4.79 Å². The van der Waals surface area contributed by atoms with Crippen LogP contribution >= 0.6 is 11.6 Å². The fraction of sp³-hybridized carbons (Fsp3) is 0.286. The summed E-state index contributed by atoms with van der Waals surface area (Å²) in [5.74, 6) is -0.781. The normalized spacial score (nSPS) is 11.6. The zero-order valence-corrected chi connectivity index (χ0v) is 12.2. The predicted molar refractivity (Wildman–Crippen MR) is 77.1 cm³/mol. The maximum Gasteiger partial charge on any atom is 0.419 e. The fourth-order valence-corrected chi connectivity index (χ4v) is 2.25. The van der Waals surface area contributed by atoms with E-state index in [-0.39, 0.29) is 10.7 Å². The Morgan fingerprint density at radius 1 is 1.25 bits per heavy atom. The number of halogens is 1. The molecule has 0 radical (unpaired) electrons. The van der Waals surface area contributed by atoms with Gasteiger partial charge in [0.05, 0.1) is 10.5 Å². The number of nitrogens with two attached hydrogens (primary N) is 1. The maximum atomic E-state index is 12.3. The van der Waals surface area contributed by atoms with Crippen LogP contribution in [0.25, 0.3) is 10.9 Å². The summed E-state index contributed by atoms with van der Waals surface area (Å²) in [5, 5.41) is 0.729. The maximum absolute atomic E-state index is 12.3. The highest BCUT2D eigenvalue weighted by Crippen LogP contribution is 2.31. The quantitative estimate of drug-likeness (QED) is 0.878. The molecule has 2 rings (SSSR count). The second-order valence-corrected chi connectivity index (χ2v) is 5.74. The van der Waals surface area contributed by atoms with E-state index in [1.165, 1.54) is 0 Å². The van der Waals surface area contributed by atoms with Crippen molar-refractivity contribution in [1.29, 1.82) is 0 Å². The Balaban J connectivity index is 2.70. The third kappa shape index (κ3) is 2.49. The molecule has 1 aromatic heterocycles. The van der Waals surface area contributed by atoms with E-state index in [9.17, 15) is 9.59 Å². The van der Waals surface area contributed by atoms with Crippen LogP contribution in [-0.2, 0) is 4.74 Å². The van der Waals surface area contributed by atoms with Crippen molar-refractivity contribution in [3.05, 3.63) is 35.0 Å². The number of amides is 1. The van der Waals surface area contributed by atoms with Crippen LogP contribution in [0.15, 0.2) is 24.3 Å². The number of hydrogen-bond donors (Lipinski definition) is 1. The summed E-state index contributed by atoms with van der Waals surface area (Å²) >= 11 is 6.14. The van der Waals surface area contributed by atoms with Crippen molar-refractivity contribution in [3.8, 4) is 0 Å². The van der Waals surface area contributed by atoms with Crippen molar-refractivity contribution in [2.24, 2.45) is 5.73 Å². The van der Waals surface area contributed by atoms with Crippen LogP contribution in [0.2, 0.25) is 5.02 Å². The standard InChI is InChI=1S/C14H15ClN2O3/c1-14(2,3)20-13(19)17-9-7-5-4-6-8(9)10(15)11(17)12(16)18/h4-7H,1-3H3,(H2,16,18). The van der Waals surface area contributed by atoms with Crippen molar-refractivity contribution in [1.82, 2.24) is 4.57 Å². The lowest BCUT2D eigenvalue weighted by Gasteiger charge is -2.20. The van der Waals surface area contributed by atoms with E-state index in [1.54, 1.807) is 45.0 Å². The molecule has 0 aliphatic carbocycles. The molecule has 0 aliphatic rings. The number of hydrogen-bond acceptors (Lipinski definition) is 3. The minimum atomic E-state index is -0.781. The Bertz CT molecular complexity index is 698.